The first-order valence-corrected chi connectivity index (χ1v) is 13.3. The monoisotopic (exact) mass is 432 g/mol. The Kier molecular flexibility index (Phi) is 8.51. The molecule has 0 radical (unpaired) electrons. The van der Waals surface area contributed by atoms with E-state index in [1.54, 1.807) is 6.92 Å². The molecule has 1 saturated heterocycles. The molecule has 1 aromatic carbocycles. The molecule has 6 heteroatoms. The molecule has 1 aliphatic heterocycles. The molecule has 2 aromatic rings. The van der Waals surface area contributed by atoms with E-state index in [4.69, 9.17) is 4.74 Å². The molecule has 0 saturated carbocycles. The third kappa shape index (κ3) is 6.67. The highest BCUT2D eigenvalue weighted by Crippen LogP contribution is 2.29. The van der Waals surface area contributed by atoms with Gasteiger partial charge in [-0.3, -0.25) is 4.98 Å². The van der Waals surface area contributed by atoms with Crippen molar-refractivity contribution in [3.05, 3.63) is 36.0 Å². The number of sulfone groups is 1. The molecule has 1 fully saturated rings. The minimum Gasteiger partial charge on any atom is -0.488 e. The number of hydrogen-bond acceptors (Lipinski definition) is 5. The zero-order valence-electron chi connectivity index (χ0n) is 18.5. The van der Waals surface area contributed by atoms with Crippen LogP contribution in [-0.2, 0) is 16.3 Å². The summed E-state index contributed by atoms with van der Waals surface area (Å²) in [4.78, 5) is 7.01. The van der Waals surface area contributed by atoms with E-state index in [1.807, 2.05) is 12.3 Å². The molecule has 3 rings (SSSR count). The molecular weight excluding hydrogens is 396 g/mol. The number of ether oxygens (including phenoxy) is 1. The van der Waals surface area contributed by atoms with Gasteiger partial charge in [0.05, 0.1) is 5.75 Å². The molecule has 0 amide bonds. The number of benzene rings is 1. The summed E-state index contributed by atoms with van der Waals surface area (Å²) in [6, 6.07) is 8.53. The maximum Gasteiger partial charge on any atom is 0.150 e. The third-order valence-electron chi connectivity index (χ3n) is 6.00. The fraction of sp³-hybridized carbons (Fsp3) is 0.625. The lowest BCUT2D eigenvalue weighted by Crippen LogP contribution is -2.38. The lowest BCUT2D eigenvalue weighted by molar-refractivity contribution is 0.101. The highest BCUT2D eigenvalue weighted by Gasteiger charge is 2.21. The summed E-state index contributed by atoms with van der Waals surface area (Å²) >= 11 is 0. The Morgan fingerprint density at radius 1 is 1.13 bits per heavy atom. The quantitative estimate of drug-likeness (QED) is 0.484. The molecule has 0 N–H and O–H groups in total. The summed E-state index contributed by atoms with van der Waals surface area (Å²) in [5.74, 6) is 1.48. The van der Waals surface area contributed by atoms with Gasteiger partial charge in [0.1, 0.15) is 27.2 Å². The summed E-state index contributed by atoms with van der Waals surface area (Å²) in [5, 5.41) is 1.15. The molecule has 1 aromatic heterocycles. The smallest absolute Gasteiger partial charge is 0.150 e. The molecule has 1 aliphatic rings. The molecule has 0 spiro atoms. The van der Waals surface area contributed by atoms with Crippen LogP contribution >= 0.6 is 0 Å². The second kappa shape index (κ2) is 11.1. The van der Waals surface area contributed by atoms with Gasteiger partial charge >= 0.3 is 0 Å². The Hall–Kier alpha value is -1.66. The van der Waals surface area contributed by atoms with Crippen molar-refractivity contribution >= 4 is 20.7 Å². The number of hydrogen-bond donors (Lipinski definition) is 0. The second-order valence-corrected chi connectivity index (χ2v) is 10.8. The van der Waals surface area contributed by atoms with Crippen molar-refractivity contribution in [1.29, 1.82) is 0 Å². The Labute approximate surface area is 181 Å². The maximum atomic E-state index is 11.6. The Morgan fingerprint density at radius 2 is 1.93 bits per heavy atom. The SMILES string of the molecule is CCCCc1cc(OC2CCN(CCCCS(=O)(=O)CC)CC2)c2ncccc2c1. The molecule has 0 atom stereocenters. The first-order valence-electron chi connectivity index (χ1n) is 11.5. The van der Waals surface area contributed by atoms with Crippen LogP contribution in [0.5, 0.6) is 5.75 Å². The van der Waals surface area contributed by atoms with E-state index in [1.165, 1.54) is 18.4 Å². The number of fused-ring (bicyclic) bond motifs is 1. The second-order valence-electron chi connectivity index (χ2n) is 8.37. The fourth-order valence-corrected chi connectivity index (χ4v) is 5.00. The molecule has 30 heavy (non-hydrogen) atoms. The highest BCUT2D eigenvalue weighted by atomic mass is 32.2. The average molecular weight is 433 g/mol. The van der Waals surface area contributed by atoms with Crippen LogP contribution in [-0.4, -0.2) is 55.5 Å². The van der Waals surface area contributed by atoms with Gasteiger partial charge in [0, 0.05) is 30.4 Å². The van der Waals surface area contributed by atoms with Crippen LogP contribution in [0.15, 0.2) is 30.5 Å². The molecule has 0 aliphatic carbocycles. The molecule has 0 unspecified atom stereocenters. The molecule has 5 nitrogen and oxygen atoms in total. The normalized spacial score (nSPS) is 16.2. The number of rotatable bonds is 11. The van der Waals surface area contributed by atoms with Crippen molar-refractivity contribution in [2.24, 2.45) is 0 Å². The van der Waals surface area contributed by atoms with Crippen molar-refractivity contribution in [3.8, 4) is 5.75 Å². The number of pyridine rings is 1. The standard InChI is InChI=1S/C24H36N2O3S/c1-3-5-9-20-18-21-10-8-13-25-24(21)23(19-20)29-22-11-15-26(16-12-22)14-6-7-17-30(27,28)4-2/h8,10,13,18-19,22H,3-7,9,11-12,14-17H2,1-2H3. The van der Waals surface area contributed by atoms with Gasteiger partial charge in [-0.25, -0.2) is 8.42 Å². The summed E-state index contributed by atoms with van der Waals surface area (Å²) < 4.78 is 29.7. The van der Waals surface area contributed by atoms with Crippen molar-refractivity contribution < 1.29 is 13.2 Å². The van der Waals surface area contributed by atoms with Gasteiger partial charge in [0.25, 0.3) is 0 Å². The first kappa shape index (κ1) is 23.0. The zero-order chi connectivity index (χ0) is 21.4. The van der Waals surface area contributed by atoms with Crippen LogP contribution in [0.3, 0.4) is 0 Å². The van der Waals surface area contributed by atoms with Crippen LogP contribution in [0.1, 0.15) is 57.9 Å². The lowest BCUT2D eigenvalue weighted by atomic mass is 10.0. The third-order valence-corrected chi connectivity index (χ3v) is 7.79. The lowest BCUT2D eigenvalue weighted by Gasteiger charge is -2.32. The predicted octanol–water partition coefficient (Wildman–Crippen LogP) is 4.64. The van der Waals surface area contributed by atoms with Crippen molar-refractivity contribution in [1.82, 2.24) is 9.88 Å². The summed E-state index contributed by atoms with van der Waals surface area (Å²) in [6.45, 7) is 6.93. The van der Waals surface area contributed by atoms with E-state index >= 15 is 0 Å². The van der Waals surface area contributed by atoms with E-state index < -0.39 is 9.84 Å². The van der Waals surface area contributed by atoms with Crippen molar-refractivity contribution in [2.75, 3.05) is 31.1 Å². The highest BCUT2D eigenvalue weighted by molar-refractivity contribution is 7.91. The van der Waals surface area contributed by atoms with Crippen LogP contribution < -0.4 is 4.74 Å². The van der Waals surface area contributed by atoms with E-state index in [-0.39, 0.29) is 11.9 Å². The molecular formula is C24H36N2O3S. The number of aryl methyl sites for hydroxylation is 1. The minimum absolute atomic E-state index is 0.216. The maximum absolute atomic E-state index is 11.6. The van der Waals surface area contributed by atoms with Gasteiger partial charge < -0.3 is 9.64 Å². The van der Waals surface area contributed by atoms with E-state index in [0.717, 1.165) is 68.4 Å². The van der Waals surface area contributed by atoms with Gasteiger partial charge in [-0.05, 0) is 68.8 Å². The van der Waals surface area contributed by atoms with Crippen molar-refractivity contribution in [3.63, 3.8) is 0 Å². The summed E-state index contributed by atoms with van der Waals surface area (Å²) in [7, 11) is -2.84. The largest absolute Gasteiger partial charge is 0.488 e. The van der Waals surface area contributed by atoms with Gasteiger partial charge in [0.2, 0.25) is 0 Å². The fourth-order valence-electron chi connectivity index (χ4n) is 4.07. The van der Waals surface area contributed by atoms with Crippen molar-refractivity contribution in [2.45, 2.75) is 64.9 Å². The van der Waals surface area contributed by atoms with Gasteiger partial charge in [0.15, 0.2) is 0 Å². The molecule has 166 valence electrons. The van der Waals surface area contributed by atoms with Crippen LogP contribution in [0.4, 0.5) is 0 Å². The topological polar surface area (TPSA) is 59.5 Å². The Balaban J connectivity index is 1.52. The number of piperidine rings is 1. The number of nitrogens with zero attached hydrogens (tertiary/aromatic N) is 2. The number of unbranched alkanes of at least 4 members (excludes halogenated alkanes) is 2. The minimum atomic E-state index is -2.84. The van der Waals surface area contributed by atoms with E-state index in [9.17, 15) is 8.42 Å². The Bertz CT molecular complexity index is 906. The van der Waals surface area contributed by atoms with E-state index in [2.05, 4.69) is 35.0 Å². The van der Waals surface area contributed by atoms with Gasteiger partial charge in [-0.2, -0.15) is 0 Å². The van der Waals surface area contributed by atoms with Crippen LogP contribution in [0.25, 0.3) is 10.9 Å². The van der Waals surface area contributed by atoms with Crippen LogP contribution in [0, 0.1) is 0 Å². The average Bonchev–Trinajstić information content (AvgIpc) is 2.76. The predicted molar refractivity (Wildman–Crippen MR) is 124 cm³/mol. The van der Waals surface area contributed by atoms with Crippen LogP contribution in [0.2, 0.25) is 0 Å². The number of likely N-dealkylation sites (tertiary alicyclic amines) is 1. The van der Waals surface area contributed by atoms with Gasteiger partial charge in [-0.1, -0.05) is 26.3 Å². The molecule has 2 heterocycles. The Morgan fingerprint density at radius 3 is 2.67 bits per heavy atom. The molecule has 0 bridgehead atoms. The summed E-state index contributed by atoms with van der Waals surface area (Å²) in [6.07, 6.45) is 9.20. The first-order chi connectivity index (χ1) is 14.5. The van der Waals surface area contributed by atoms with Gasteiger partial charge in [-0.15, -0.1) is 0 Å². The summed E-state index contributed by atoms with van der Waals surface area (Å²) in [5.41, 5.74) is 2.28. The van der Waals surface area contributed by atoms with E-state index in [0.29, 0.717) is 5.75 Å². The number of aromatic nitrogens is 1. The zero-order valence-corrected chi connectivity index (χ0v) is 19.3.